The van der Waals surface area contributed by atoms with Crippen molar-refractivity contribution < 1.29 is 4.79 Å². The van der Waals surface area contributed by atoms with Gasteiger partial charge in [-0.1, -0.05) is 56.6 Å². The van der Waals surface area contributed by atoms with E-state index >= 15 is 0 Å². The first kappa shape index (κ1) is 18.0. The van der Waals surface area contributed by atoms with Gasteiger partial charge in [0.1, 0.15) is 0 Å². The summed E-state index contributed by atoms with van der Waals surface area (Å²) in [5, 5.41) is 3.73. The first-order chi connectivity index (χ1) is 11.8. The van der Waals surface area contributed by atoms with Crippen LogP contribution in [0.3, 0.4) is 0 Å². The monoisotopic (exact) mass is 356 g/mol. The zero-order valence-electron chi connectivity index (χ0n) is 15.3. The van der Waals surface area contributed by atoms with Gasteiger partial charge in [-0.05, 0) is 47.4 Å². The van der Waals surface area contributed by atoms with Gasteiger partial charge >= 0.3 is 0 Å². The van der Waals surface area contributed by atoms with Gasteiger partial charge in [-0.15, -0.1) is 0 Å². The summed E-state index contributed by atoms with van der Waals surface area (Å²) in [5.41, 5.74) is 4.26. The van der Waals surface area contributed by atoms with Crippen LogP contribution in [0.5, 0.6) is 0 Å². The van der Waals surface area contributed by atoms with E-state index in [2.05, 4.69) is 49.2 Å². The minimum atomic E-state index is -0.259. The van der Waals surface area contributed by atoms with Gasteiger partial charge in [-0.3, -0.25) is 4.79 Å². The molecule has 4 heteroatoms. The predicted octanol–water partition coefficient (Wildman–Crippen LogP) is 4.81. The molecular formula is C21H25ClN2O. The highest BCUT2D eigenvalue weighted by Gasteiger charge is 2.31. The Labute approximate surface area is 155 Å². The maximum atomic E-state index is 12.9. The Morgan fingerprint density at radius 2 is 1.84 bits per heavy atom. The third kappa shape index (κ3) is 3.88. The largest absolute Gasteiger partial charge is 0.326 e. The molecule has 0 bridgehead atoms. The summed E-state index contributed by atoms with van der Waals surface area (Å²) >= 11 is 6.40. The van der Waals surface area contributed by atoms with Crippen LogP contribution >= 0.6 is 11.6 Å². The smallest absolute Gasteiger partial charge is 0.233 e. The highest BCUT2D eigenvalue weighted by molar-refractivity contribution is 6.31. The first-order valence-corrected chi connectivity index (χ1v) is 9.01. The SMILES string of the molecule is CN1Cc2cccc(Cl)c2C(C(=O)Nc2ccc(C(C)(C)C)cc2)C1. The fourth-order valence-electron chi connectivity index (χ4n) is 3.37. The molecule has 0 radical (unpaired) electrons. The Morgan fingerprint density at radius 3 is 2.48 bits per heavy atom. The summed E-state index contributed by atoms with van der Waals surface area (Å²) in [6.45, 7) is 8.02. The molecule has 3 nitrogen and oxygen atoms in total. The van der Waals surface area contributed by atoms with E-state index < -0.39 is 0 Å². The number of anilines is 1. The van der Waals surface area contributed by atoms with E-state index in [1.807, 2.05) is 31.3 Å². The van der Waals surface area contributed by atoms with Crippen LogP contribution in [0.25, 0.3) is 0 Å². The standard InChI is InChI=1S/C21H25ClN2O/c1-21(2,3)15-8-10-16(11-9-15)23-20(25)17-13-24(4)12-14-6-5-7-18(22)19(14)17/h5-11,17H,12-13H2,1-4H3,(H,23,25). The van der Waals surface area contributed by atoms with Crippen LogP contribution in [0.2, 0.25) is 5.02 Å². The molecule has 25 heavy (non-hydrogen) atoms. The molecule has 1 aliphatic rings. The number of nitrogens with one attached hydrogen (secondary N) is 1. The summed E-state index contributed by atoms with van der Waals surface area (Å²) in [6.07, 6.45) is 0. The maximum Gasteiger partial charge on any atom is 0.233 e. The number of fused-ring (bicyclic) bond motifs is 1. The predicted molar refractivity (Wildman–Crippen MR) is 104 cm³/mol. The van der Waals surface area contributed by atoms with Crippen molar-refractivity contribution in [2.75, 3.05) is 18.9 Å². The minimum Gasteiger partial charge on any atom is -0.326 e. The van der Waals surface area contributed by atoms with E-state index in [9.17, 15) is 4.79 Å². The summed E-state index contributed by atoms with van der Waals surface area (Å²) in [5.74, 6) is -0.269. The number of halogens is 1. The second-order valence-electron chi connectivity index (χ2n) is 7.88. The number of nitrogens with zero attached hydrogens (tertiary/aromatic N) is 1. The molecule has 0 saturated carbocycles. The number of hydrogen-bond acceptors (Lipinski definition) is 2. The number of benzene rings is 2. The van der Waals surface area contributed by atoms with Crippen molar-refractivity contribution in [2.45, 2.75) is 38.6 Å². The van der Waals surface area contributed by atoms with Gasteiger partial charge in [0.2, 0.25) is 5.91 Å². The van der Waals surface area contributed by atoms with Crippen molar-refractivity contribution in [2.24, 2.45) is 0 Å². The molecule has 0 saturated heterocycles. The van der Waals surface area contributed by atoms with Crippen LogP contribution in [0.4, 0.5) is 5.69 Å². The second-order valence-corrected chi connectivity index (χ2v) is 8.29. The van der Waals surface area contributed by atoms with Crippen LogP contribution in [0.1, 0.15) is 43.4 Å². The molecule has 2 aromatic carbocycles. The molecule has 1 aliphatic heterocycles. The number of likely N-dealkylation sites (N-methyl/N-ethyl adjacent to an activating group) is 1. The molecule has 1 unspecified atom stereocenters. The molecule has 0 fully saturated rings. The average molecular weight is 357 g/mol. The highest BCUT2D eigenvalue weighted by Crippen LogP contribution is 2.34. The molecule has 0 aromatic heterocycles. The lowest BCUT2D eigenvalue weighted by Gasteiger charge is -2.32. The highest BCUT2D eigenvalue weighted by atomic mass is 35.5. The van der Waals surface area contributed by atoms with Gasteiger partial charge in [-0.25, -0.2) is 0 Å². The average Bonchev–Trinajstić information content (AvgIpc) is 2.53. The number of amides is 1. The zero-order chi connectivity index (χ0) is 18.2. The van der Waals surface area contributed by atoms with Gasteiger partial charge in [-0.2, -0.15) is 0 Å². The molecule has 1 N–H and O–H groups in total. The summed E-state index contributed by atoms with van der Waals surface area (Å²) in [7, 11) is 2.03. The zero-order valence-corrected chi connectivity index (χ0v) is 16.0. The molecule has 1 amide bonds. The lowest BCUT2D eigenvalue weighted by Crippen LogP contribution is -2.37. The van der Waals surface area contributed by atoms with E-state index in [-0.39, 0.29) is 17.2 Å². The molecule has 132 valence electrons. The van der Waals surface area contributed by atoms with Crippen molar-refractivity contribution in [3.8, 4) is 0 Å². The van der Waals surface area contributed by atoms with Crippen molar-refractivity contribution in [1.82, 2.24) is 4.90 Å². The van der Waals surface area contributed by atoms with E-state index in [1.54, 1.807) is 0 Å². The van der Waals surface area contributed by atoms with Gasteiger partial charge in [0.25, 0.3) is 0 Å². The Kier molecular flexibility index (Phi) is 4.90. The fourth-order valence-corrected chi connectivity index (χ4v) is 3.69. The van der Waals surface area contributed by atoms with E-state index in [1.165, 1.54) is 5.56 Å². The van der Waals surface area contributed by atoms with Crippen molar-refractivity contribution in [1.29, 1.82) is 0 Å². The minimum absolute atomic E-state index is 0.00981. The Balaban J connectivity index is 1.82. The lowest BCUT2D eigenvalue weighted by atomic mass is 9.87. The van der Waals surface area contributed by atoms with Crippen molar-refractivity contribution >= 4 is 23.2 Å². The third-order valence-electron chi connectivity index (χ3n) is 4.76. The van der Waals surface area contributed by atoms with E-state index in [0.29, 0.717) is 11.6 Å². The Morgan fingerprint density at radius 1 is 1.16 bits per heavy atom. The summed E-state index contributed by atoms with van der Waals surface area (Å²) in [6, 6.07) is 13.9. The van der Waals surface area contributed by atoms with Gasteiger partial charge in [0.15, 0.2) is 0 Å². The van der Waals surface area contributed by atoms with Crippen LogP contribution in [-0.2, 0) is 16.8 Å². The van der Waals surface area contributed by atoms with Gasteiger partial charge in [0, 0.05) is 23.8 Å². The van der Waals surface area contributed by atoms with Gasteiger partial charge in [0.05, 0.1) is 5.92 Å². The molecule has 2 aromatic rings. The maximum absolute atomic E-state index is 12.9. The van der Waals surface area contributed by atoms with Crippen LogP contribution in [-0.4, -0.2) is 24.4 Å². The number of carbonyl (C=O) groups is 1. The third-order valence-corrected chi connectivity index (χ3v) is 5.09. The summed E-state index contributed by atoms with van der Waals surface area (Å²) in [4.78, 5) is 15.1. The summed E-state index contributed by atoms with van der Waals surface area (Å²) < 4.78 is 0. The van der Waals surface area contributed by atoms with Gasteiger partial charge < -0.3 is 10.2 Å². The van der Waals surface area contributed by atoms with E-state index in [4.69, 9.17) is 11.6 Å². The van der Waals surface area contributed by atoms with Crippen LogP contribution in [0, 0.1) is 0 Å². The number of carbonyl (C=O) groups excluding carboxylic acids is 1. The quantitative estimate of drug-likeness (QED) is 0.837. The van der Waals surface area contributed by atoms with Crippen LogP contribution < -0.4 is 5.32 Å². The first-order valence-electron chi connectivity index (χ1n) is 8.63. The van der Waals surface area contributed by atoms with Crippen LogP contribution in [0.15, 0.2) is 42.5 Å². The topological polar surface area (TPSA) is 32.3 Å². The molecular weight excluding hydrogens is 332 g/mol. The molecule has 0 aliphatic carbocycles. The van der Waals surface area contributed by atoms with Crippen molar-refractivity contribution in [3.63, 3.8) is 0 Å². The normalized spacial score (nSPS) is 17.9. The number of hydrogen-bond donors (Lipinski definition) is 1. The Hall–Kier alpha value is -1.84. The molecule has 1 heterocycles. The molecule has 3 rings (SSSR count). The second kappa shape index (κ2) is 6.81. The number of rotatable bonds is 2. The fraction of sp³-hybridized carbons (Fsp3) is 0.381. The Bertz CT molecular complexity index is 777. The molecule has 1 atom stereocenters. The lowest BCUT2D eigenvalue weighted by molar-refractivity contribution is -0.118. The molecule has 0 spiro atoms. The van der Waals surface area contributed by atoms with E-state index in [0.717, 1.165) is 23.4 Å². The van der Waals surface area contributed by atoms with Crippen molar-refractivity contribution in [3.05, 3.63) is 64.2 Å².